The molecular formula is C14H21N5S. The van der Waals surface area contributed by atoms with E-state index >= 15 is 0 Å². The minimum Gasteiger partial charge on any atom is -0.395 e. The van der Waals surface area contributed by atoms with Crippen LogP contribution in [0.4, 0.5) is 5.95 Å². The average Bonchev–Trinajstić information content (AvgIpc) is 2.85. The molecule has 0 aliphatic carbocycles. The van der Waals surface area contributed by atoms with E-state index in [4.69, 9.17) is 5.73 Å². The molecule has 5 nitrogen and oxygen atoms in total. The summed E-state index contributed by atoms with van der Waals surface area (Å²) in [6.45, 7) is 6.30. The van der Waals surface area contributed by atoms with Crippen LogP contribution < -0.4 is 16.4 Å². The van der Waals surface area contributed by atoms with Crippen molar-refractivity contribution < 1.29 is 0 Å². The van der Waals surface area contributed by atoms with E-state index in [1.807, 2.05) is 18.4 Å². The molecular weight excluding hydrogens is 270 g/mol. The lowest BCUT2D eigenvalue weighted by Crippen LogP contribution is -2.17. The predicted molar refractivity (Wildman–Crippen MR) is 85.6 cm³/mol. The number of allylic oxidation sites excluding steroid dienone is 1. The highest BCUT2D eigenvalue weighted by molar-refractivity contribution is 8.06. The number of nitrogens with two attached hydrogens (primary N) is 1. The largest absolute Gasteiger partial charge is 0.395 e. The average molecular weight is 291 g/mol. The highest BCUT2D eigenvalue weighted by atomic mass is 32.2. The van der Waals surface area contributed by atoms with Gasteiger partial charge in [0, 0.05) is 17.9 Å². The first-order chi connectivity index (χ1) is 9.60. The highest BCUT2D eigenvalue weighted by Crippen LogP contribution is 2.28. The second-order valence-corrected chi connectivity index (χ2v) is 5.77. The van der Waals surface area contributed by atoms with Crippen molar-refractivity contribution in [2.75, 3.05) is 5.32 Å². The van der Waals surface area contributed by atoms with Crippen molar-refractivity contribution in [2.45, 2.75) is 39.7 Å². The smallest absolute Gasteiger partial charge is 0.223 e. The molecule has 108 valence electrons. The number of thioether (sulfide) groups is 1. The van der Waals surface area contributed by atoms with E-state index in [0.717, 1.165) is 29.3 Å². The summed E-state index contributed by atoms with van der Waals surface area (Å²) in [6, 6.07) is 2.18. The van der Waals surface area contributed by atoms with E-state index in [-0.39, 0.29) is 0 Å². The first-order valence-corrected chi connectivity index (χ1v) is 7.68. The van der Waals surface area contributed by atoms with E-state index in [1.54, 1.807) is 18.0 Å². The van der Waals surface area contributed by atoms with Crippen LogP contribution in [0.2, 0.25) is 0 Å². The van der Waals surface area contributed by atoms with Crippen LogP contribution in [0.3, 0.4) is 0 Å². The molecule has 0 saturated heterocycles. The zero-order valence-electron chi connectivity index (χ0n) is 12.1. The van der Waals surface area contributed by atoms with Crippen LogP contribution in [0.1, 0.15) is 39.3 Å². The predicted octanol–water partition coefficient (Wildman–Crippen LogP) is 2.86. The second-order valence-electron chi connectivity index (χ2n) is 4.89. The Balaban J connectivity index is 2.14. The van der Waals surface area contributed by atoms with Gasteiger partial charge in [0.1, 0.15) is 5.03 Å². The molecule has 0 bridgehead atoms. The van der Waals surface area contributed by atoms with Gasteiger partial charge in [0.25, 0.3) is 0 Å². The van der Waals surface area contributed by atoms with Crippen molar-refractivity contribution in [3.63, 3.8) is 0 Å². The third-order valence-corrected chi connectivity index (χ3v) is 3.97. The van der Waals surface area contributed by atoms with E-state index < -0.39 is 0 Å². The lowest BCUT2D eigenvalue weighted by atomic mass is 10.2. The number of nitrogens with one attached hydrogen (secondary N) is 2. The van der Waals surface area contributed by atoms with Crippen LogP contribution >= 0.6 is 11.8 Å². The van der Waals surface area contributed by atoms with Crippen LogP contribution in [0.15, 0.2) is 28.4 Å². The topological polar surface area (TPSA) is 75.9 Å². The van der Waals surface area contributed by atoms with Crippen molar-refractivity contribution in [1.82, 2.24) is 15.3 Å². The Morgan fingerprint density at radius 3 is 3.00 bits per heavy atom. The van der Waals surface area contributed by atoms with Crippen molar-refractivity contribution in [1.29, 1.82) is 0 Å². The van der Waals surface area contributed by atoms with Crippen LogP contribution in [-0.4, -0.2) is 16.0 Å². The van der Waals surface area contributed by atoms with Gasteiger partial charge in [0.15, 0.2) is 0 Å². The Kier molecular flexibility index (Phi) is 4.89. The Morgan fingerprint density at radius 1 is 1.55 bits per heavy atom. The monoisotopic (exact) mass is 291 g/mol. The van der Waals surface area contributed by atoms with E-state index in [1.165, 1.54) is 0 Å². The molecule has 20 heavy (non-hydrogen) atoms. The van der Waals surface area contributed by atoms with Crippen molar-refractivity contribution in [3.05, 3.63) is 34.1 Å². The molecule has 1 aromatic rings. The summed E-state index contributed by atoms with van der Waals surface area (Å²) in [6.07, 6.45) is 3.95. The van der Waals surface area contributed by atoms with E-state index in [9.17, 15) is 0 Å². The molecule has 1 unspecified atom stereocenters. The second kappa shape index (κ2) is 6.65. The summed E-state index contributed by atoms with van der Waals surface area (Å²) >= 11 is 1.58. The van der Waals surface area contributed by atoms with Crippen LogP contribution in [0, 0.1) is 0 Å². The first-order valence-electron chi connectivity index (χ1n) is 6.80. The van der Waals surface area contributed by atoms with Crippen LogP contribution in [-0.2, 0) is 0 Å². The molecule has 6 heteroatoms. The molecule has 0 spiro atoms. The third kappa shape index (κ3) is 3.66. The van der Waals surface area contributed by atoms with Crippen molar-refractivity contribution in [2.24, 2.45) is 5.73 Å². The van der Waals surface area contributed by atoms with Crippen LogP contribution in [0.25, 0.3) is 5.70 Å². The van der Waals surface area contributed by atoms with Gasteiger partial charge in [-0.2, -0.15) is 0 Å². The maximum absolute atomic E-state index is 6.17. The minimum absolute atomic E-state index is 0.354. The molecule has 0 aromatic carbocycles. The molecule has 2 heterocycles. The number of hydrogen-bond acceptors (Lipinski definition) is 6. The minimum atomic E-state index is 0.354. The first kappa shape index (κ1) is 14.7. The Morgan fingerprint density at radius 2 is 2.35 bits per heavy atom. The van der Waals surface area contributed by atoms with E-state index in [2.05, 4.69) is 34.4 Å². The van der Waals surface area contributed by atoms with E-state index in [0.29, 0.717) is 17.7 Å². The summed E-state index contributed by atoms with van der Waals surface area (Å²) in [5, 5.41) is 9.49. The summed E-state index contributed by atoms with van der Waals surface area (Å²) in [5.74, 6) is 0.625. The lowest BCUT2D eigenvalue weighted by molar-refractivity contribution is 0.683. The Bertz CT molecular complexity index is 538. The Labute approximate surface area is 124 Å². The molecule has 0 fully saturated rings. The molecule has 0 radical (unpaired) electrons. The molecule has 0 amide bonds. The lowest BCUT2D eigenvalue weighted by Gasteiger charge is -2.13. The fraction of sp³-hybridized carbons (Fsp3) is 0.429. The number of nitrogens with zero attached hydrogens (tertiary/aromatic N) is 2. The van der Waals surface area contributed by atoms with Crippen molar-refractivity contribution in [3.8, 4) is 0 Å². The molecule has 1 aliphatic rings. The molecule has 1 aliphatic heterocycles. The van der Waals surface area contributed by atoms with Gasteiger partial charge < -0.3 is 16.4 Å². The summed E-state index contributed by atoms with van der Waals surface area (Å²) in [7, 11) is 0. The van der Waals surface area contributed by atoms with Gasteiger partial charge in [-0.1, -0.05) is 25.1 Å². The zero-order valence-corrected chi connectivity index (χ0v) is 12.9. The molecule has 4 N–H and O–H groups in total. The normalized spacial score (nSPS) is 18.2. The summed E-state index contributed by atoms with van der Waals surface area (Å²) in [5.41, 5.74) is 8.65. The zero-order chi connectivity index (χ0) is 14.5. The van der Waals surface area contributed by atoms with Gasteiger partial charge in [0.05, 0.1) is 11.4 Å². The molecule has 1 atom stereocenters. The molecule has 1 aromatic heterocycles. The number of hydrogen-bond donors (Lipinski definition) is 3. The molecule has 2 rings (SSSR count). The fourth-order valence-corrected chi connectivity index (χ4v) is 2.74. The fourth-order valence-electron chi connectivity index (χ4n) is 1.94. The third-order valence-electron chi connectivity index (χ3n) is 2.94. The standard InChI is InChI=1S/C14H21N5S/c1-4-5-9(2)18-14-16-7-6-11(19-14)12(15)13-17-10(3)8-20-13/h6-9,17H,4-5,15H2,1-3H3,(H,16,18,19)/b13-12+. The summed E-state index contributed by atoms with van der Waals surface area (Å²) in [4.78, 5) is 8.73. The summed E-state index contributed by atoms with van der Waals surface area (Å²) < 4.78 is 0. The van der Waals surface area contributed by atoms with Gasteiger partial charge in [-0.3, -0.25) is 0 Å². The number of anilines is 1. The quantitative estimate of drug-likeness (QED) is 0.774. The molecule has 0 saturated carbocycles. The number of aromatic nitrogens is 2. The number of rotatable bonds is 5. The maximum atomic E-state index is 6.17. The maximum Gasteiger partial charge on any atom is 0.223 e. The van der Waals surface area contributed by atoms with Gasteiger partial charge in [0.2, 0.25) is 5.95 Å². The van der Waals surface area contributed by atoms with Gasteiger partial charge in [-0.25, -0.2) is 9.97 Å². The Hall–Kier alpha value is -1.69. The highest BCUT2D eigenvalue weighted by Gasteiger charge is 2.13. The van der Waals surface area contributed by atoms with Crippen molar-refractivity contribution >= 4 is 23.4 Å². The van der Waals surface area contributed by atoms with Gasteiger partial charge >= 0.3 is 0 Å². The SMILES string of the molecule is CCCC(C)Nc1nccc(/C(N)=C2/NC(C)=CS2)n1. The van der Waals surface area contributed by atoms with Crippen LogP contribution in [0.5, 0.6) is 0 Å². The van der Waals surface area contributed by atoms with Gasteiger partial charge in [-0.05, 0) is 31.7 Å². The van der Waals surface area contributed by atoms with Gasteiger partial charge in [-0.15, -0.1) is 0 Å².